The fourth-order valence-corrected chi connectivity index (χ4v) is 4.88. The molecule has 0 saturated carbocycles. The molecule has 3 rings (SSSR count). The first-order chi connectivity index (χ1) is 13.7. The van der Waals surface area contributed by atoms with Crippen LogP contribution < -0.4 is 32.6 Å². The number of hydrogen-bond acceptors (Lipinski definition) is 5. The van der Waals surface area contributed by atoms with Crippen LogP contribution in [0.15, 0.2) is 43.1 Å². The summed E-state index contributed by atoms with van der Waals surface area (Å²) in [6, 6.07) is 7.97. The second-order valence-electron chi connectivity index (χ2n) is 5.74. The van der Waals surface area contributed by atoms with E-state index in [1.807, 2.05) is 24.4 Å². The van der Waals surface area contributed by atoms with E-state index in [2.05, 4.69) is 17.6 Å². The molecule has 7 heteroatoms. The fraction of sp³-hybridized carbons (Fsp3) is 0.238. The van der Waals surface area contributed by atoms with Crippen LogP contribution in [0.1, 0.15) is 0 Å². The van der Waals surface area contributed by atoms with E-state index in [-0.39, 0.29) is 15.0 Å². The molecule has 148 valence electrons. The molecule has 0 spiro atoms. The van der Waals surface area contributed by atoms with Crippen LogP contribution in [0.2, 0.25) is 0 Å². The summed E-state index contributed by atoms with van der Waals surface area (Å²) in [6.45, 7) is 4.12. The Morgan fingerprint density at radius 2 is 1.68 bits per heavy atom. The van der Waals surface area contributed by atoms with Gasteiger partial charge in [0.1, 0.15) is 0 Å². The molecular formula is C21H23NO5Se. The fourth-order valence-electron chi connectivity index (χ4n) is 2.90. The average molecular weight is 448 g/mol. The molecule has 0 saturated heterocycles. The molecule has 0 aliphatic heterocycles. The number of methoxy groups -OCH3 is 4. The Kier molecular flexibility index (Phi) is 6.39. The zero-order valence-corrected chi connectivity index (χ0v) is 18.0. The van der Waals surface area contributed by atoms with E-state index in [4.69, 9.17) is 23.7 Å². The van der Waals surface area contributed by atoms with Crippen molar-refractivity contribution in [2.75, 3.05) is 35.0 Å². The summed E-state index contributed by atoms with van der Waals surface area (Å²) in [4.78, 5) is 3.31. The van der Waals surface area contributed by atoms with Crippen molar-refractivity contribution >= 4 is 34.8 Å². The SMILES string of the molecule is C=CCOc1cc([Se]c2c[nH]c3c(OC)c(OC)c(OC)cc23)ccc1OC. The van der Waals surface area contributed by atoms with Crippen molar-refractivity contribution in [2.45, 2.75) is 0 Å². The normalized spacial score (nSPS) is 10.6. The number of fused-ring (bicyclic) bond motifs is 1. The summed E-state index contributed by atoms with van der Waals surface area (Å²) in [5.74, 6) is 3.24. The molecule has 2 aromatic carbocycles. The Bertz CT molecular complexity index is 983. The third-order valence-electron chi connectivity index (χ3n) is 4.16. The number of hydrogen-bond donors (Lipinski definition) is 1. The number of aromatic amines is 1. The van der Waals surface area contributed by atoms with Gasteiger partial charge in [-0.2, -0.15) is 0 Å². The summed E-state index contributed by atoms with van der Waals surface area (Å²) >= 11 is 0.0292. The van der Waals surface area contributed by atoms with Gasteiger partial charge in [-0.05, 0) is 0 Å². The molecule has 1 N–H and O–H groups in total. The van der Waals surface area contributed by atoms with Crippen LogP contribution in [-0.4, -0.2) is 55.0 Å². The molecule has 3 aromatic rings. The van der Waals surface area contributed by atoms with Crippen LogP contribution in [0.4, 0.5) is 0 Å². The van der Waals surface area contributed by atoms with Gasteiger partial charge in [0.15, 0.2) is 0 Å². The molecule has 6 nitrogen and oxygen atoms in total. The van der Waals surface area contributed by atoms with Gasteiger partial charge in [0.25, 0.3) is 0 Å². The third-order valence-corrected chi connectivity index (χ3v) is 6.36. The van der Waals surface area contributed by atoms with Crippen molar-refractivity contribution in [3.05, 3.63) is 43.1 Å². The molecule has 0 aliphatic rings. The van der Waals surface area contributed by atoms with Crippen LogP contribution in [0, 0.1) is 0 Å². The van der Waals surface area contributed by atoms with Crippen LogP contribution >= 0.6 is 0 Å². The zero-order valence-electron chi connectivity index (χ0n) is 16.3. The second kappa shape index (κ2) is 8.95. The van der Waals surface area contributed by atoms with Gasteiger partial charge in [-0.15, -0.1) is 0 Å². The Morgan fingerprint density at radius 3 is 2.32 bits per heavy atom. The molecule has 0 amide bonds. The summed E-state index contributed by atoms with van der Waals surface area (Å²) in [5, 5.41) is 1.04. The summed E-state index contributed by atoms with van der Waals surface area (Å²) in [7, 11) is 6.47. The van der Waals surface area contributed by atoms with Gasteiger partial charge in [0.05, 0.1) is 0 Å². The van der Waals surface area contributed by atoms with E-state index in [0.29, 0.717) is 35.4 Å². The number of aromatic nitrogens is 1. The van der Waals surface area contributed by atoms with E-state index in [0.717, 1.165) is 15.4 Å². The first-order valence-electron chi connectivity index (χ1n) is 8.56. The summed E-state index contributed by atoms with van der Waals surface area (Å²) in [6.07, 6.45) is 3.71. The average Bonchev–Trinajstić information content (AvgIpc) is 3.12. The van der Waals surface area contributed by atoms with Gasteiger partial charge >= 0.3 is 170 Å². The molecule has 0 unspecified atom stereocenters. The van der Waals surface area contributed by atoms with Crippen LogP contribution in [0.3, 0.4) is 0 Å². The first-order valence-corrected chi connectivity index (χ1v) is 10.3. The number of rotatable bonds is 9. The van der Waals surface area contributed by atoms with Crippen molar-refractivity contribution in [2.24, 2.45) is 0 Å². The van der Waals surface area contributed by atoms with Crippen LogP contribution in [0.25, 0.3) is 10.9 Å². The van der Waals surface area contributed by atoms with Gasteiger partial charge in [-0.1, -0.05) is 0 Å². The molecule has 28 heavy (non-hydrogen) atoms. The third kappa shape index (κ3) is 3.77. The second-order valence-corrected chi connectivity index (χ2v) is 8.08. The van der Waals surface area contributed by atoms with Gasteiger partial charge in [-0.3, -0.25) is 0 Å². The van der Waals surface area contributed by atoms with Crippen molar-refractivity contribution < 1.29 is 23.7 Å². The van der Waals surface area contributed by atoms with Crippen molar-refractivity contribution in [1.29, 1.82) is 0 Å². The molecule has 1 heterocycles. The van der Waals surface area contributed by atoms with Crippen LogP contribution in [-0.2, 0) is 0 Å². The number of benzene rings is 2. The maximum atomic E-state index is 5.73. The molecule has 1 aromatic heterocycles. The molecule has 0 aliphatic carbocycles. The van der Waals surface area contributed by atoms with E-state index < -0.39 is 0 Å². The van der Waals surface area contributed by atoms with Gasteiger partial charge in [0.2, 0.25) is 0 Å². The number of nitrogens with one attached hydrogen (secondary N) is 1. The standard InChI is InChI=1S/C21H23NO5Se/c1-6-9-27-16-10-13(7-8-15(16)23-2)28-18-12-22-19-14(18)11-17(24-3)20(25-4)21(19)26-5/h6-8,10-12,22H,1,9H2,2-5H3. The Labute approximate surface area is 170 Å². The predicted octanol–water partition coefficient (Wildman–Crippen LogP) is 2.42. The number of H-pyrrole nitrogens is 1. The molecule has 0 bridgehead atoms. The summed E-state index contributed by atoms with van der Waals surface area (Å²) < 4.78 is 30.0. The van der Waals surface area contributed by atoms with Gasteiger partial charge in [-0.25, -0.2) is 0 Å². The van der Waals surface area contributed by atoms with E-state index in [9.17, 15) is 0 Å². The topological polar surface area (TPSA) is 61.9 Å². The molecule has 0 atom stereocenters. The molecule has 0 fully saturated rings. The van der Waals surface area contributed by atoms with Gasteiger partial charge < -0.3 is 0 Å². The Balaban J connectivity index is 2.02. The Hall–Kier alpha value is -2.76. The monoisotopic (exact) mass is 449 g/mol. The maximum absolute atomic E-state index is 5.73. The predicted molar refractivity (Wildman–Crippen MR) is 112 cm³/mol. The Morgan fingerprint density at radius 1 is 0.929 bits per heavy atom. The van der Waals surface area contributed by atoms with Crippen molar-refractivity contribution in [3.63, 3.8) is 0 Å². The molecular weight excluding hydrogens is 425 g/mol. The van der Waals surface area contributed by atoms with Crippen molar-refractivity contribution in [3.8, 4) is 28.7 Å². The van der Waals surface area contributed by atoms with E-state index in [1.54, 1.807) is 34.5 Å². The van der Waals surface area contributed by atoms with Gasteiger partial charge in [0, 0.05) is 0 Å². The summed E-state index contributed by atoms with van der Waals surface area (Å²) in [5.41, 5.74) is 0.883. The quantitative estimate of drug-likeness (QED) is 0.403. The van der Waals surface area contributed by atoms with Crippen LogP contribution in [0.5, 0.6) is 28.7 Å². The molecule has 0 radical (unpaired) electrons. The number of ether oxygens (including phenoxy) is 5. The minimum atomic E-state index is 0.0292. The first kappa shape index (κ1) is 20.0. The van der Waals surface area contributed by atoms with Crippen molar-refractivity contribution in [1.82, 2.24) is 4.98 Å². The van der Waals surface area contributed by atoms with E-state index in [1.165, 1.54) is 4.46 Å². The van der Waals surface area contributed by atoms with E-state index >= 15 is 0 Å². The minimum absolute atomic E-state index is 0.0292. The zero-order chi connectivity index (χ0) is 20.1.